The second kappa shape index (κ2) is 3.97. The summed E-state index contributed by atoms with van der Waals surface area (Å²) in [4.78, 5) is 0. The van der Waals surface area contributed by atoms with Crippen LogP contribution in [0.25, 0.3) is 0 Å². The molecule has 0 unspecified atom stereocenters. The normalized spacial score (nSPS) is 48.2. The van der Waals surface area contributed by atoms with Crippen molar-refractivity contribution in [3.63, 3.8) is 0 Å². The Bertz CT molecular complexity index is 264. The van der Waals surface area contributed by atoms with Crippen LogP contribution in [-0.4, -0.2) is 29.2 Å². The molecule has 0 radical (unpaired) electrons. The minimum absolute atomic E-state index is 0.213. The average molecular weight is 228 g/mol. The molecule has 1 saturated carbocycles. The molecule has 2 aliphatic rings. The molecule has 3 nitrogen and oxygen atoms in total. The molecule has 16 heavy (non-hydrogen) atoms. The van der Waals surface area contributed by atoms with Crippen LogP contribution in [0.5, 0.6) is 0 Å². The number of aliphatic hydroxyl groups excluding tert-OH is 1. The smallest absolute Gasteiger partial charge is 0.163 e. The molecule has 94 valence electrons. The maximum atomic E-state index is 10.2. The van der Waals surface area contributed by atoms with E-state index in [-0.39, 0.29) is 17.6 Å². The first-order valence-electron chi connectivity index (χ1n) is 6.35. The first-order valence-corrected chi connectivity index (χ1v) is 6.35. The molecule has 0 aromatic rings. The van der Waals surface area contributed by atoms with E-state index in [9.17, 15) is 5.11 Å². The molecular weight excluding hydrogens is 204 g/mol. The lowest BCUT2D eigenvalue weighted by Crippen LogP contribution is -2.47. The van der Waals surface area contributed by atoms with Crippen LogP contribution in [0.4, 0.5) is 0 Å². The summed E-state index contributed by atoms with van der Waals surface area (Å²) in [5.74, 6) is 0.341. The second-order valence-electron chi connectivity index (χ2n) is 6.20. The van der Waals surface area contributed by atoms with Crippen molar-refractivity contribution in [3.8, 4) is 0 Å². The van der Waals surface area contributed by atoms with Gasteiger partial charge in [0.15, 0.2) is 5.79 Å². The zero-order valence-electron chi connectivity index (χ0n) is 10.8. The van der Waals surface area contributed by atoms with Gasteiger partial charge in [0.2, 0.25) is 0 Å². The van der Waals surface area contributed by atoms with Gasteiger partial charge in [0, 0.05) is 5.92 Å². The lowest BCUT2D eigenvalue weighted by Gasteiger charge is -2.41. The van der Waals surface area contributed by atoms with Crippen molar-refractivity contribution in [2.75, 3.05) is 6.61 Å². The van der Waals surface area contributed by atoms with Crippen LogP contribution in [-0.2, 0) is 9.47 Å². The number of aliphatic hydroxyl groups is 1. The van der Waals surface area contributed by atoms with E-state index in [1.807, 2.05) is 13.8 Å². The molecule has 4 atom stereocenters. The summed E-state index contributed by atoms with van der Waals surface area (Å²) >= 11 is 0. The highest BCUT2D eigenvalue weighted by atomic mass is 16.8. The Hall–Kier alpha value is -0.120. The molecule has 3 heteroatoms. The molecule has 2 rings (SSSR count). The molecule has 1 aliphatic heterocycles. The molecule has 1 N–H and O–H groups in total. The predicted octanol–water partition coefficient (Wildman–Crippen LogP) is 2.33. The van der Waals surface area contributed by atoms with E-state index >= 15 is 0 Å². The zero-order chi connectivity index (χ0) is 12.0. The van der Waals surface area contributed by atoms with E-state index in [4.69, 9.17) is 9.47 Å². The van der Waals surface area contributed by atoms with Crippen molar-refractivity contribution < 1.29 is 14.6 Å². The quantitative estimate of drug-likeness (QED) is 0.748. The monoisotopic (exact) mass is 228 g/mol. The van der Waals surface area contributed by atoms with Crippen LogP contribution in [0.15, 0.2) is 0 Å². The van der Waals surface area contributed by atoms with Gasteiger partial charge in [-0.2, -0.15) is 0 Å². The van der Waals surface area contributed by atoms with Crippen molar-refractivity contribution in [3.05, 3.63) is 0 Å². The predicted molar refractivity (Wildman–Crippen MR) is 62.0 cm³/mol. The fourth-order valence-corrected chi connectivity index (χ4v) is 3.18. The van der Waals surface area contributed by atoms with Gasteiger partial charge in [-0.25, -0.2) is 0 Å². The Morgan fingerprint density at radius 2 is 1.88 bits per heavy atom. The molecule has 1 heterocycles. The molecule has 0 aromatic carbocycles. The highest BCUT2D eigenvalue weighted by Crippen LogP contribution is 2.43. The van der Waals surface area contributed by atoms with Gasteiger partial charge in [-0.15, -0.1) is 0 Å². The summed E-state index contributed by atoms with van der Waals surface area (Å²) in [7, 11) is 0. The number of rotatable bonds is 1. The van der Waals surface area contributed by atoms with E-state index in [1.165, 1.54) is 6.42 Å². The second-order valence-corrected chi connectivity index (χ2v) is 6.20. The number of hydrogen-bond acceptors (Lipinski definition) is 3. The first-order chi connectivity index (χ1) is 7.32. The molecule has 0 amide bonds. The Kier molecular flexibility index (Phi) is 3.06. The first kappa shape index (κ1) is 12.3. The summed E-state index contributed by atoms with van der Waals surface area (Å²) in [5.41, 5.74) is -0.316. The summed E-state index contributed by atoms with van der Waals surface area (Å²) in [6.45, 7) is 8.76. The Morgan fingerprint density at radius 1 is 1.19 bits per heavy atom. The van der Waals surface area contributed by atoms with Gasteiger partial charge in [-0.3, -0.25) is 0 Å². The molecule has 0 aromatic heterocycles. The van der Waals surface area contributed by atoms with Crippen LogP contribution in [0.2, 0.25) is 0 Å². The van der Waals surface area contributed by atoms with Crippen LogP contribution >= 0.6 is 0 Å². The highest BCUT2D eigenvalue weighted by molar-refractivity contribution is 4.95. The van der Waals surface area contributed by atoms with Gasteiger partial charge in [0.05, 0.1) is 18.3 Å². The summed E-state index contributed by atoms with van der Waals surface area (Å²) in [6, 6.07) is 0. The summed E-state index contributed by atoms with van der Waals surface area (Å²) < 4.78 is 11.7. The van der Waals surface area contributed by atoms with Gasteiger partial charge < -0.3 is 14.6 Å². The molecule has 0 bridgehead atoms. The van der Waals surface area contributed by atoms with Crippen LogP contribution in [0, 0.1) is 11.8 Å². The fraction of sp³-hybridized carbons (Fsp3) is 1.00. The van der Waals surface area contributed by atoms with Crippen molar-refractivity contribution in [1.82, 2.24) is 0 Å². The van der Waals surface area contributed by atoms with Crippen LogP contribution in [0.3, 0.4) is 0 Å². The Morgan fingerprint density at radius 3 is 2.38 bits per heavy atom. The van der Waals surface area contributed by atoms with Crippen LogP contribution in [0.1, 0.15) is 47.0 Å². The minimum atomic E-state index is -0.502. The number of ether oxygens (including phenoxy) is 2. The van der Waals surface area contributed by atoms with Gasteiger partial charge in [-0.1, -0.05) is 13.3 Å². The van der Waals surface area contributed by atoms with Gasteiger partial charge in [-0.05, 0) is 39.5 Å². The molecule has 1 aliphatic carbocycles. The van der Waals surface area contributed by atoms with Crippen molar-refractivity contribution >= 4 is 0 Å². The van der Waals surface area contributed by atoms with E-state index in [2.05, 4.69) is 13.8 Å². The van der Waals surface area contributed by atoms with Gasteiger partial charge in [0.1, 0.15) is 0 Å². The van der Waals surface area contributed by atoms with E-state index in [0.717, 1.165) is 12.8 Å². The van der Waals surface area contributed by atoms with Crippen molar-refractivity contribution in [2.24, 2.45) is 11.8 Å². The third-order valence-corrected chi connectivity index (χ3v) is 4.05. The summed E-state index contributed by atoms with van der Waals surface area (Å²) in [6.07, 6.45) is 2.87. The van der Waals surface area contributed by atoms with Crippen LogP contribution < -0.4 is 0 Å². The standard InChI is InChI=1S/C13H24O3/c1-9-5-6-10(11(14)7-9)13(4)8-15-12(2,3)16-13/h9-11,14H,5-8H2,1-4H3/t9-,10-,11-,13-/m1/s1. The average Bonchev–Trinajstić information content (AvgIpc) is 2.41. The SMILES string of the molecule is C[C@@H]1CC[C@@H]([C@@]2(C)COC(C)(C)O2)[C@H](O)C1. The van der Waals surface area contributed by atoms with Crippen molar-refractivity contribution in [1.29, 1.82) is 0 Å². The maximum Gasteiger partial charge on any atom is 0.163 e. The van der Waals surface area contributed by atoms with Crippen molar-refractivity contribution in [2.45, 2.75) is 64.4 Å². The van der Waals surface area contributed by atoms with E-state index in [1.54, 1.807) is 0 Å². The van der Waals surface area contributed by atoms with Gasteiger partial charge in [0.25, 0.3) is 0 Å². The minimum Gasteiger partial charge on any atom is -0.393 e. The molecule has 1 saturated heterocycles. The van der Waals surface area contributed by atoms with Gasteiger partial charge >= 0.3 is 0 Å². The zero-order valence-corrected chi connectivity index (χ0v) is 10.8. The molecular formula is C13H24O3. The third kappa shape index (κ3) is 2.27. The van der Waals surface area contributed by atoms with E-state index in [0.29, 0.717) is 12.5 Å². The number of hydrogen-bond donors (Lipinski definition) is 1. The maximum absolute atomic E-state index is 10.2. The van der Waals surface area contributed by atoms with E-state index < -0.39 is 5.79 Å². The lowest BCUT2D eigenvalue weighted by atomic mass is 9.73. The topological polar surface area (TPSA) is 38.7 Å². The highest BCUT2D eigenvalue weighted by Gasteiger charge is 2.50. The molecule has 0 spiro atoms. The Balaban J connectivity index is 2.07. The molecule has 2 fully saturated rings. The Labute approximate surface area is 98.1 Å². The third-order valence-electron chi connectivity index (χ3n) is 4.05. The fourth-order valence-electron chi connectivity index (χ4n) is 3.18. The largest absolute Gasteiger partial charge is 0.393 e. The summed E-state index contributed by atoms with van der Waals surface area (Å²) in [5, 5.41) is 10.2. The lowest BCUT2D eigenvalue weighted by molar-refractivity contribution is -0.182.